The zero-order chi connectivity index (χ0) is 13.8. The monoisotopic (exact) mass is 343 g/mol. The van der Waals surface area contributed by atoms with Crippen molar-refractivity contribution < 1.29 is 4.55 Å². The highest BCUT2D eigenvalue weighted by molar-refractivity contribution is 9.10. The molecule has 1 fully saturated rings. The van der Waals surface area contributed by atoms with Crippen molar-refractivity contribution in [3.63, 3.8) is 0 Å². The van der Waals surface area contributed by atoms with Gasteiger partial charge in [0.05, 0.1) is 0 Å². The molecule has 1 aliphatic heterocycles. The molecule has 0 amide bonds. The summed E-state index contributed by atoms with van der Waals surface area (Å²) in [5, 5.41) is 0. The van der Waals surface area contributed by atoms with Crippen molar-refractivity contribution in [3.8, 4) is 0 Å². The van der Waals surface area contributed by atoms with Gasteiger partial charge in [-0.15, -0.1) is 0 Å². The molecule has 1 spiro atoms. The third kappa shape index (κ3) is 2.28. The van der Waals surface area contributed by atoms with Crippen LogP contribution in [0.4, 0.5) is 0 Å². The quantitative estimate of drug-likeness (QED) is 0.612. The van der Waals surface area contributed by atoms with Gasteiger partial charge < -0.3 is 9.12 Å². The molecule has 4 nitrogen and oxygen atoms in total. The Kier molecular flexibility index (Phi) is 3.11. The Bertz CT molecular complexity index is 543. The predicted molar refractivity (Wildman–Crippen MR) is 80.9 cm³/mol. The van der Waals surface area contributed by atoms with E-state index in [1.165, 1.54) is 25.0 Å². The lowest BCUT2D eigenvalue weighted by Crippen LogP contribution is -2.25. The topological polar surface area (TPSA) is 53.2 Å². The molecule has 104 valence electrons. The van der Waals surface area contributed by atoms with Crippen molar-refractivity contribution in [2.75, 3.05) is 0 Å². The van der Waals surface area contributed by atoms with Crippen LogP contribution in [-0.4, -0.2) is 25.1 Å². The van der Waals surface area contributed by atoms with Crippen LogP contribution in [0.3, 0.4) is 0 Å². The standard InChI is InChI=1S/C13H18BrN3OS/c1-12(2,3)19(18)15-8-9-10-4-5-13(6-7-13)17(10)11(14)16-9/h8H,4-7H2,1-3H3. The smallest absolute Gasteiger partial charge is 0.178 e. The molecule has 1 aromatic heterocycles. The molecule has 0 aromatic carbocycles. The molecular weight excluding hydrogens is 326 g/mol. The lowest BCUT2D eigenvalue weighted by Gasteiger charge is -2.17. The lowest BCUT2D eigenvalue weighted by atomic mass is 10.2. The second-order valence-electron chi connectivity index (χ2n) is 6.37. The van der Waals surface area contributed by atoms with Crippen LogP contribution in [0.5, 0.6) is 0 Å². The first-order chi connectivity index (χ1) is 8.83. The molecule has 1 unspecified atom stereocenters. The van der Waals surface area contributed by atoms with E-state index in [-0.39, 0.29) is 4.75 Å². The van der Waals surface area contributed by atoms with Gasteiger partial charge in [0.15, 0.2) is 4.73 Å². The minimum atomic E-state index is -1.22. The lowest BCUT2D eigenvalue weighted by molar-refractivity contribution is 0.498. The predicted octanol–water partition coefficient (Wildman–Crippen LogP) is 2.96. The largest absolute Gasteiger partial charge is 0.591 e. The van der Waals surface area contributed by atoms with Gasteiger partial charge in [-0.3, -0.25) is 0 Å². The minimum absolute atomic E-state index is 0.325. The number of aromatic nitrogens is 2. The van der Waals surface area contributed by atoms with Crippen molar-refractivity contribution in [1.29, 1.82) is 0 Å². The Morgan fingerprint density at radius 2 is 2.11 bits per heavy atom. The van der Waals surface area contributed by atoms with Gasteiger partial charge in [-0.05, 0) is 62.4 Å². The zero-order valence-corrected chi connectivity index (χ0v) is 13.8. The summed E-state index contributed by atoms with van der Waals surface area (Å²) in [5.41, 5.74) is 2.43. The Hall–Kier alpha value is -0.330. The van der Waals surface area contributed by atoms with Gasteiger partial charge in [0.25, 0.3) is 0 Å². The summed E-state index contributed by atoms with van der Waals surface area (Å²) in [7, 11) is 0. The number of halogens is 1. The van der Waals surface area contributed by atoms with Crippen molar-refractivity contribution in [2.24, 2.45) is 4.40 Å². The Morgan fingerprint density at radius 1 is 1.42 bits per heavy atom. The Balaban J connectivity index is 1.88. The molecule has 1 aliphatic carbocycles. The fourth-order valence-electron chi connectivity index (χ4n) is 2.60. The summed E-state index contributed by atoms with van der Waals surface area (Å²) in [6.45, 7) is 5.77. The Morgan fingerprint density at radius 3 is 2.68 bits per heavy atom. The molecule has 3 rings (SSSR count). The van der Waals surface area contributed by atoms with Crippen LogP contribution >= 0.6 is 15.9 Å². The molecule has 6 heteroatoms. The molecule has 2 heterocycles. The molecule has 19 heavy (non-hydrogen) atoms. The number of nitrogens with zero attached hydrogens (tertiary/aromatic N) is 3. The van der Waals surface area contributed by atoms with Gasteiger partial charge in [-0.25, -0.2) is 4.98 Å². The van der Waals surface area contributed by atoms with E-state index in [0.717, 1.165) is 16.8 Å². The number of fused-ring (bicyclic) bond motifs is 2. The van der Waals surface area contributed by atoms with E-state index in [0.29, 0.717) is 5.54 Å². The van der Waals surface area contributed by atoms with Crippen molar-refractivity contribution in [1.82, 2.24) is 9.55 Å². The molecule has 0 bridgehead atoms. The molecule has 1 saturated carbocycles. The van der Waals surface area contributed by atoms with Crippen LogP contribution in [0.2, 0.25) is 0 Å². The number of hydrogen-bond donors (Lipinski definition) is 0. The van der Waals surface area contributed by atoms with Gasteiger partial charge in [-0.1, -0.05) is 4.40 Å². The maximum Gasteiger partial charge on any atom is 0.178 e. The maximum atomic E-state index is 12.0. The summed E-state index contributed by atoms with van der Waals surface area (Å²) in [4.78, 5) is 4.52. The highest BCUT2D eigenvalue weighted by Crippen LogP contribution is 2.53. The van der Waals surface area contributed by atoms with Crippen LogP contribution in [0.25, 0.3) is 0 Å². The molecule has 0 N–H and O–H groups in total. The van der Waals surface area contributed by atoms with Crippen LogP contribution in [-0.2, 0) is 23.3 Å². The second-order valence-corrected chi connectivity index (χ2v) is 9.01. The number of rotatable bonds is 2. The third-order valence-corrected chi connectivity index (χ3v) is 5.76. The van der Waals surface area contributed by atoms with Crippen LogP contribution in [0.15, 0.2) is 9.13 Å². The number of hydrogen-bond acceptors (Lipinski definition) is 3. The van der Waals surface area contributed by atoms with E-state index in [2.05, 4.69) is 29.9 Å². The van der Waals surface area contributed by atoms with E-state index in [4.69, 9.17) is 0 Å². The van der Waals surface area contributed by atoms with Crippen molar-refractivity contribution >= 4 is 33.5 Å². The van der Waals surface area contributed by atoms with E-state index in [9.17, 15) is 4.55 Å². The summed E-state index contributed by atoms with van der Waals surface area (Å²) >= 11 is 2.32. The molecule has 1 aromatic rings. The normalized spacial score (nSPS) is 22.2. The molecule has 0 saturated heterocycles. The zero-order valence-electron chi connectivity index (χ0n) is 11.4. The molecule has 0 radical (unpaired) electrons. The van der Waals surface area contributed by atoms with Crippen LogP contribution in [0.1, 0.15) is 51.4 Å². The van der Waals surface area contributed by atoms with Crippen LogP contribution < -0.4 is 0 Å². The third-order valence-electron chi connectivity index (χ3n) is 3.89. The molecular formula is C13H18BrN3OS. The van der Waals surface area contributed by atoms with E-state index in [1.54, 1.807) is 6.21 Å². The first kappa shape index (κ1) is 13.6. The summed E-state index contributed by atoms with van der Waals surface area (Å²) < 4.78 is 19.0. The van der Waals surface area contributed by atoms with Gasteiger partial charge in [0.2, 0.25) is 0 Å². The first-order valence-electron chi connectivity index (χ1n) is 6.57. The average molecular weight is 344 g/mol. The molecule has 2 aliphatic rings. The fraction of sp³-hybridized carbons (Fsp3) is 0.692. The van der Waals surface area contributed by atoms with Crippen molar-refractivity contribution in [2.45, 2.75) is 56.7 Å². The van der Waals surface area contributed by atoms with E-state index in [1.807, 2.05) is 20.8 Å². The van der Waals surface area contributed by atoms with E-state index < -0.39 is 11.4 Å². The average Bonchev–Trinajstić information content (AvgIpc) is 2.86. The highest BCUT2D eigenvalue weighted by Gasteiger charge is 2.50. The minimum Gasteiger partial charge on any atom is -0.591 e. The SMILES string of the molecule is CC(C)(C)[S+]([O-])N=Cc1nc(Br)n2c1CCC21CC1. The Labute approximate surface area is 125 Å². The molecule has 1 atom stereocenters. The van der Waals surface area contributed by atoms with Crippen LogP contribution in [0, 0.1) is 0 Å². The van der Waals surface area contributed by atoms with Gasteiger partial charge in [0, 0.05) is 11.2 Å². The number of imidazole rings is 1. The van der Waals surface area contributed by atoms with E-state index >= 15 is 0 Å². The van der Waals surface area contributed by atoms with Gasteiger partial charge in [0.1, 0.15) is 28.0 Å². The van der Waals surface area contributed by atoms with Gasteiger partial charge in [-0.2, -0.15) is 0 Å². The summed E-state index contributed by atoms with van der Waals surface area (Å²) in [5.74, 6) is 0. The maximum absolute atomic E-state index is 12.0. The first-order valence-corrected chi connectivity index (χ1v) is 8.47. The van der Waals surface area contributed by atoms with Crippen molar-refractivity contribution in [3.05, 3.63) is 16.1 Å². The highest BCUT2D eigenvalue weighted by atomic mass is 79.9. The van der Waals surface area contributed by atoms with Gasteiger partial charge >= 0.3 is 0 Å². The summed E-state index contributed by atoms with van der Waals surface area (Å²) in [6.07, 6.45) is 6.42. The fourth-order valence-corrected chi connectivity index (χ4v) is 3.89. The summed E-state index contributed by atoms with van der Waals surface area (Å²) in [6, 6.07) is 0. The second kappa shape index (κ2) is 4.33.